The summed E-state index contributed by atoms with van der Waals surface area (Å²) < 4.78 is 2.44. The van der Waals surface area contributed by atoms with Crippen LogP contribution < -0.4 is 11.6 Å². The zero-order chi connectivity index (χ0) is 13.4. The fourth-order valence-electron chi connectivity index (χ4n) is 2.69. The van der Waals surface area contributed by atoms with E-state index in [0.29, 0.717) is 11.7 Å². The number of pyridine rings is 1. The van der Waals surface area contributed by atoms with Gasteiger partial charge in [0.2, 0.25) is 0 Å². The molecule has 4 N–H and O–H groups in total. The average molecular weight is 322 g/mol. The third kappa shape index (κ3) is 2.20. The van der Waals surface area contributed by atoms with Crippen LogP contribution in [0.5, 0.6) is 0 Å². The van der Waals surface area contributed by atoms with Gasteiger partial charge in [-0.05, 0) is 34.8 Å². The quantitative estimate of drug-likeness (QED) is 0.833. The van der Waals surface area contributed by atoms with Crippen molar-refractivity contribution in [3.63, 3.8) is 0 Å². The van der Waals surface area contributed by atoms with Gasteiger partial charge in [0.25, 0.3) is 0 Å². The van der Waals surface area contributed by atoms with Gasteiger partial charge in [0.15, 0.2) is 5.82 Å². The number of nitrogen functional groups attached to an aromatic ring is 2. The van der Waals surface area contributed by atoms with Gasteiger partial charge in [-0.3, -0.25) is 4.98 Å². The van der Waals surface area contributed by atoms with Crippen molar-refractivity contribution in [1.29, 1.82) is 0 Å². The summed E-state index contributed by atoms with van der Waals surface area (Å²) >= 11 is 3.41. The van der Waals surface area contributed by atoms with Gasteiger partial charge in [0.1, 0.15) is 11.5 Å². The molecule has 1 fully saturated rings. The van der Waals surface area contributed by atoms with Crippen molar-refractivity contribution < 1.29 is 0 Å². The van der Waals surface area contributed by atoms with Crippen molar-refractivity contribution in [2.45, 2.75) is 31.6 Å². The predicted octanol–water partition coefficient (Wildman–Crippen LogP) is 2.66. The molecule has 3 rings (SSSR count). The molecule has 0 amide bonds. The van der Waals surface area contributed by atoms with E-state index in [9.17, 15) is 0 Å². The lowest BCUT2D eigenvalue weighted by molar-refractivity contribution is 0.648. The first-order valence-corrected chi connectivity index (χ1v) is 7.20. The molecule has 19 heavy (non-hydrogen) atoms. The molecule has 2 aromatic heterocycles. The van der Waals surface area contributed by atoms with E-state index >= 15 is 0 Å². The number of rotatable bonds is 2. The fourth-order valence-corrected chi connectivity index (χ4v) is 3.05. The minimum absolute atomic E-state index is 0.432. The van der Waals surface area contributed by atoms with E-state index in [4.69, 9.17) is 11.6 Å². The number of hydrogen-bond donors (Lipinski definition) is 2. The summed E-state index contributed by atoms with van der Waals surface area (Å²) in [7, 11) is 0. The fraction of sp³-hybridized carbons (Fsp3) is 0.385. The van der Waals surface area contributed by atoms with E-state index in [-0.39, 0.29) is 0 Å². The summed E-state index contributed by atoms with van der Waals surface area (Å²) in [4.78, 5) is 8.80. The second-order valence-corrected chi connectivity index (χ2v) is 5.86. The van der Waals surface area contributed by atoms with E-state index in [0.717, 1.165) is 34.4 Å². The van der Waals surface area contributed by atoms with Crippen LogP contribution in [0, 0.1) is 0 Å². The molecule has 0 unspecified atom stereocenters. The molecule has 0 aliphatic heterocycles. The summed E-state index contributed by atoms with van der Waals surface area (Å²) in [6, 6.07) is 1.95. The van der Waals surface area contributed by atoms with Crippen LogP contribution in [0.15, 0.2) is 22.9 Å². The number of halogens is 1. The zero-order valence-electron chi connectivity index (χ0n) is 10.5. The van der Waals surface area contributed by atoms with Crippen LogP contribution >= 0.6 is 15.9 Å². The van der Waals surface area contributed by atoms with Crippen LogP contribution in [0.25, 0.3) is 11.3 Å². The van der Waals surface area contributed by atoms with Crippen molar-refractivity contribution in [3.05, 3.63) is 28.8 Å². The molecule has 6 heteroatoms. The maximum Gasteiger partial charge on any atom is 0.150 e. The van der Waals surface area contributed by atoms with Gasteiger partial charge in [-0.1, -0.05) is 12.8 Å². The van der Waals surface area contributed by atoms with Crippen molar-refractivity contribution in [2.24, 2.45) is 0 Å². The molecule has 1 saturated carbocycles. The lowest BCUT2D eigenvalue weighted by Gasteiger charge is -2.08. The Hall–Kier alpha value is -1.56. The van der Waals surface area contributed by atoms with Gasteiger partial charge in [-0.2, -0.15) is 0 Å². The largest absolute Gasteiger partial charge is 0.382 e. The maximum atomic E-state index is 6.09. The molecule has 0 aromatic carbocycles. The Kier molecular flexibility index (Phi) is 3.18. The Morgan fingerprint density at radius 3 is 2.68 bits per heavy atom. The third-order valence-corrected chi connectivity index (χ3v) is 4.11. The number of nitrogens with zero attached hydrogens (tertiary/aromatic N) is 3. The predicted molar refractivity (Wildman–Crippen MR) is 78.9 cm³/mol. The van der Waals surface area contributed by atoms with Gasteiger partial charge in [-0.15, -0.1) is 0 Å². The second-order valence-electron chi connectivity index (χ2n) is 4.95. The maximum absolute atomic E-state index is 6.09. The first kappa shape index (κ1) is 12.5. The molecule has 2 aromatic rings. The average Bonchev–Trinajstić information content (AvgIpc) is 3.00. The normalized spacial score (nSPS) is 16.1. The molecule has 0 bridgehead atoms. The molecule has 5 nitrogen and oxygen atoms in total. The van der Waals surface area contributed by atoms with Gasteiger partial charge in [-0.25, -0.2) is 9.66 Å². The first-order chi connectivity index (χ1) is 9.16. The van der Waals surface area contributed by atoms with E-state index in [2.05, 4.69) is 25.9 Å². The minimum atomic E-state index is 0.432. The molecule has 1 aliphatic rings. The van der Waals surface area contributed by atoms with Gasteiger partial charge in [0, 0.05) is 28.3 Å². The molecule has 1 aliphatic carbocycles. The monoisotopic (exact) mass is 321 g/mol. The number of anilines is 1. The molecule has 100 valence electrons. The summed E-state index contributed by atoms with van der Waals surface area (Å²) in [6.07, 6.45) is 8.25. The number of imidazole rings is 1. The van der Waals surface area contributed by atoms with Crippen LogP contribution in [-0.2, 0) is 0 Å². The van der Waals surface area contributed by atoms with Crippen LogP contribution in [0.2, 0.25) is 0 Å². The SMILES string of the molecule is Nc1c(-c2cncc(Br)c2)nc(C2CCCC2)n1N. The van der Waals surface area contributed by atoms with Crippen molar-refractivity contribution in [1.82, 2.24) is 14.6 Å². The van der Waals surface area contributed by atoms with Crippen LogP contribution in [-0.4, -0.2) is 14.6 Å². The Balaban J connectivity index is 2.05. The van der Waals surface area contributed by atoms with Gasteiger partial charge >= 0.3 is 0 Å². The van der Waals surface area contributed by atoms with Crippen LogP contribution in [0.4, 0.5) is 5.82 Å². The Labute approximate surface area is 120 Å². The number of aromatic nitrogens is 3. The summed E-state index contributed by atoms with van der Waals surface area (Å²) in [5.41, 5.74) is 7.69. The first-order valence-electron chi connectivity index (χ1n) is 6.41. The van der Waals surface area contributed by atoms with E-state index in [1.54, 1.807) is 12.4 Å². The van der Waals surface area contributed by atoms with E-state index in [1.165, 1.54) is 17.5 Å². The molecular formula is C13H16BrN5. The van der Waals surface area contributed by atoms with Crippen LogP contribution in [0.3, 0.4) is 0 Å². The van der Waals surface area contributed by atoms with Gasteiger partial charge in [0.05, 0.1) is 0 Å². The topological polar surface area (TPSA) is 82.8 Å². The lowest BCUT2D eigenvalue weighted by atomic mass is 10.1. The lowest BCUT2D eigenvalue weighted by Crippen LogP contribution is -2.17. The number of hydrogen-bond acceptors (Lipinski definition) is 4. The zero-order valence-corrected chi connectivity index (χ0v) is 12.1. The smallest absolute Gasteiger partial charge is 0.150 e. The Bertz CT molecular complexity index is 601. The summed E-state index contributed by atoms with van der Waals surface area (Å²) in [6.45, 7) is 0. The molecule has 0 radical (unpaired) electrons. The highest BCUT2D eigenvalue weighted by atomic mass is 79.9. The number of nitrogens with two attached hydrogens (primary N) is 2. The standard InChI is InChI=1S/C13H16BrN5/c14-10-5-9(6-17-7-10)11-12(15)19(16)13(18-11)8-3-1-2-4-8/h5-8H,1-4,15-16H2. The summed E-state index contributed by atoms with van der Waals surface area (Å²) in [5.74, 6) is 7.88. The van der Waals surface area contributed by atoms with E-state index < -0.39 is 0 Å². The van der Waals surface area contributed by atoms with Crippen molar-refractivity contribution >= 4 is 21.7 Å². The summed E-state index contributed by atoms with van der Waals surface area (Å²) in [5, 5.41) is 0. The second kappa shape index (κ2) is 4.85. The van der Waals surface area contributed by atoms with Gasteiger partial charge < -0.3 is 11.6 Å². The van der Waals surface area contributed by atoms with Crippen molar-refractivity contribution in [2.75, 3.05) is 11.6 Å². The van der Waals surface area contributed by atoms with Crippen LogP contribution in [0.1, 0.15) is 37.4 Å². The molecular weight excluding hydrogens is 306 g/mol. The Morgan fingerprint density at radius 2 is 2.00 bits per heavy atom. The minimum Gasteiger partial charge on any atom is -0.382 e. The molecule has 0 atom stereocenters. The third-order valence-electron chi connectivity index (χ3n) is 3.67. The van der Waals surface area contributed by atoms with E-state index in [1.807, 2.05) is 6.07 Å². The highest BCUT2D eigenvalue weighted by Crippen LogP contribution is 2.36. The molecule has 2 heterocycles. The Morgan fingerprint density at radius 1 is 1.26 bits per heavy atom. The molecule has 0 saturated heterocycles. The highest BCUT2D eigenvalue weighted by Gasteiger charge is 2.25. The molecule has 0 spiro atoms. The highest BCUT2D eigenvalue weighted by molar-refractivity contribution is 9.10. The van der Waals surface area contributed by atoms with Crippen molar-refractivity contribution in [3.8, 4) is 11.3 Å².